The molecule has 0 radical (unpaired) electrons. The number of carbonyl (C=O) groups is 1. The molecule has 1 amide bonds. The van der Waals surface area contributed by atoms with Crippen LogP contribution in [-0.2, 0) is 17.8 Å². The number of rotatable bonds is 9. The van der Waals surface area contributed by atoms with Crippen LogP contribution in [0.25, 0.3) is 5.95 Å². The highest BCUT2D eigenvalue weighted by atomic mass is 35.5. The summed E-state index contributed by atoms with van der Waals surface area (Å²) in [6, 6.07) is 11.5. The lowest BCUT2D eigenvalue weighted by Gasteiger charge is -2.42. The first-order chi connectivity index (χ1) is 19.6. The van der Waals surface area contributed by atoms with Crippen molar-refractivity contribution >= 4 is 23.3 Å². The van der Waals surface area contributed by atoms with Gasteiger partial charge in [0.25, 0.3) is 0 Å². The minimum absolute atomic E-state index is 0.0195. The third kappa shape index (κ3) is 6.16. The molecule has 1 fully saturated rings. The number of carbonyl (C=O) groups excluding carboxylic acids is 1. The lowest BCUT2D eigenvalue weighted by atomic mass is 10.1. The minimum Gasteiger partial charge on any atom is -0.454 e. The quantitative estimate of drug-likeness (QED) is 0.309. The summed E-state index contributed by atoms with van der Waals surface area (Å²) in [7, 11) is 0. The van der Waals surface area contributed by atoms with Crippen molar-refractivity contribution in [3.8, 4) is 17.4 Å². The third-order valence-electron chi connectivity index (χ3n) is 6.99. The van der Waals surface area contributed by atoms with Crippen molar-refractivity contribution in [1.29, 1.82) is 0 Å². The topological polar surface area (TPSA) is 111 Å². The molecule has 1 saturated heterocycles. The lowest BCUT2D eigenvalue weighted by Crippen LogP contribution is -2.54. The van der Waals surface area contributed by atoms with E-state index >= 15 is 0 Å². The maximum absolute atomic E-state index is 13.2. The molecule has 6 rings (SSSR count). The molecule has 4 aromatic rings. The first kappa shape index (κ1) is 26.0. The molecule has 1 aromatic carbocycles. The van der Waals surface area contributed by atoms with Gasteiger partial charge < -0.3 is 19.7 Å². The number of pyridine rings is 1. The molecule has 206 valence electrons. The van der Waals surface area contributed by atoms with Gasteiger partial charge >= 0.3 is 0 Å². The van der Waals surface area contributed by atoms with Crippen molar-refractivity contribution < 1.29 is 14.3 Å². The number of fused-ring (bicyclic) bond motifs is 1. The van der Waals surface area contributed by atoms with Crippen LogP contribution >= 0.6 is 11.6 Å². The number of piperazine rings is 1. The maximum Gasteiger partial charge on any atom is 0.238 e. The monoisotopic (exact) mass is 560 g/mol. The molecule has 40 heavy (non-hydrogen) atoms. The highest BCUT2D eigenvalue weighted by molar-refractivity contribution is 6.29. The summed E-state index contributed by atoms with van der Waals surface area (Å²) in [6.07, 6.45) is 9.73. The average Bonchev–Trinajstić information content (AvgIpc) is 3.66. The fraction of sp³-hybridized carbons (Fsp3) is 0.321. The van der Waals surface area contributed by atoms with Crippen molar-refractivity contribution in [3.05, 3.63) is 83.8 Å². The summed E-state index contributed by atoms with van der Waals surface area (Å²) in [5, 5.41) is 3.42. The Balaban J connectivity index is 1.15. The van der Waals surface area contributed by atoms with Crippen LogP contribution in [0.1, 0.15) is 17.5 Å². The van der Waals surface area contributed by atoms with Crippen LogP contribution in [0, 0.1) is 0 Å². The Morgan fingerprint density at radius 3 is 2.83 bits per heavy atom. The van der Waals surface area contributed by atoms with Crippen LogP contribution in [0.2, 0.25) is 5.15 Å². The standard InChI is InChI=1S/C28H29ClN8O3/c29-25-14-26(34-28(33-25)36-9-8-31-18-36)37-11-10-35(16-21-2-1-6-30-15-21)17-22(37)13-27(38)32-7-5-20-3-4-23-24(12-20)40-19-39-23/h1-4,6,8-9,12,14-15,18,22H,5,7,10-11,13,16-17,19H2,(H,32,38). The van der Waals surface area contributed by atoms with E-state index in [9.17, 15) is 4.79 Å². The van der Waals surface area contributed by atoms with Gasteiger partial charge in [0.1, 0.15) is 17.3 Å². The maximum atomic E-state index is 13.2. The predicted molar refractivity (Wildman–Crippen MR) is 149 cm³/mol. The number of hydrogen-bond donors (Lipinski definition) is 1. The smallest absolute Gasteiger partial charge is 0.238 e. The molecule has 1 unspecified atom stereocenters. The zero-order valence-corrected chi connectivity index (χ0v) is 22.6. The average molecular weight is 561 g/mol. The molecule has 5 heterocycles. The zero-order chi connectivity index (χ0) is 27.3. The van der Waals surface area contributed by atoms with Crippen molar-refractivity contribution in [2.24, 2.45) is 0 Å². The molecular formula is C28H29ClN8O3. The summed E-state index contributed by atoms with van der Waals surface area (Å²) >= 11 is 6.41. The van der Waals surface area contributed by atoms with Crippen LogP contribution in [0.4, 0.5) is 5.82 Å². The van der Waals surface area contributed by atoms with Gasteiger partial charge in [0.15, 0.2) is 11.5 Å². The largest absolute Gasteiger partial charge is 0.454 e. The van der Waals surface area contributed by atoms with Crippen LogP contribution in [0.5, 0.6) is 11.5 Å². The Kier molecular flexibility index (Phi) is 7.73. The van der Waals surface area contributed by atoms with Gasteiger partial charge in [-0.3, -0.25) is 19.2 Å². The molecule has 3 aromatic heterocycles. The van der Waals surface area contributed by atoms with Crippen LogP contribution in [0.15, 0.2) is 67.5 Å². The van der Waals surface area contributed by atoms with Gasteiger partial charge in [-0.2, -0.15) is 4.98 Å². The number of nitrogens with one attached hydrogen (secondary N) is 1. The molecule has 0 spiro atoms. The molecule has 0 saturated carbocycles. The van der Waals surface area contributed by atoms with Crippen LogP contribution < -0.4 is 19.7 Å². The number of ether oxygens (including phenoxy) is 2. The highest BCUT2D eigenvalue weighted by Gasteiger charge is 2.30. The van der Waals surface area contributed by atoms with E-state index in [2.05, 4.69) is 36.1 Å². The second-order valence-electron chi connectivity index (χ2n) is 9.75. The Morgan fingerprint density at radius 2 is 1.98 bits per heavy atom. The van der Waals surface area contributed by atoms with Crippen molar-refractivity contribution in [3.63, 3.8) is 0 Å². The van der Waals surface area contributed by atoms with E-state index in [1.165, 1.54) is 0 Å². The van der Waals surface area contributed by atoms with Gasteiger partial charge in [-0.15, -0.1) is 0 Å². The number of benzene rings is 1. The molecule has 11 nitrogen and oxygen atoms in total. The summed E-state index contributed by atoms with van der Waals surface area (Å²) in [4.78, 5) is 35.1. The first-order valence-corrected chi connectivity index (χ1v) is 13.5. The van der Waals surface area contributed by atoms with Crippen LogP contribution in [0.3, 0.4) is 0 Å². The number of aromatic nitrogens is 5. The van der Waals surface area contributed by atoms with Crippen molar-refractivity contribution in [2.75, 3.05) is 37.9 Å². The van der Waals surface area contributed by atoms with Crippen LogP contribution in [-0.4, -0.2) is 74.3 Å². The Hall–Kier alpha value is -4.22. The number of amides is 1. The Bertz CT molecular complexity index is 1450. The molecule has 0 bridgehead atoms. The molecule has 1 N–H and O–H groups in total. The fourth-order valence-electron chi connectivity index (χ4n) is 5.05. The highest BCUT2D eigenvalue weighted by Crippen LogP contribution is 2.32. The van der Waals surface area contributed by atoms with Gasteiger partial charge in [0.2, 0.25) is 18.6 Å². The number of nitrogens with zero attached hydrogens (tertiary/aromatic N) is 7. The third-order valence-corrected chi connectivity index (χ3v) is 7.18. The summed E-state index contributed by atoms with van der Waals surface area (Å²) < 4.78 is 12.6. The molecule has 2 aliphatic rings. The van der Waals surface area contributed by atoms with Crippen molar-refractivity contribution in [2.45, 2.75) is 25.4 Å². The number of anilines is 1. The number of halogens is 1. The van der Waals surface area contributed by atoms with Crippen molar-refractivity contribution in [1.82, 2.24) is 34.7 Å². The van der Waals surface area contributed by atoms with E-state index in [0.717, 1.165) is 35.7 Å². The Morgan fingerprint density at radius 1 is 1.05 bits per heavy atom. The normalized spacial score (nSPS) is 16.7. The second-order valence-corrected chi connectivity index (χ2v) is 10.1. The SMILES string of the molecule is O=C(CC1CN(Cc2cccnc2)CCN1c1cc(Cl)nc(-n2ccnc2)n1)NCCc1ccc2c(c1)OCO2. The van der Waals surface area contributed by atoms with E-state index in [-0.39, 0.29) is 18.7 Å². The lowest BCUT2D eigenvalue weighted by molar-refractivity contribution is -0.121. The predicted octanol–water partition coefficient (Wildman–Crippen LogP) is 2.88. The van der Waals surface area contributed by atoms with Gasteiger partial charge in [0.05, 0.1) is 6.04 Å². The molecule has 0 aliphatic carbocycles. The van der Waals surface area contributed by atoms with E-state index in [1.54, 1.807) is 35.6 Å². The van der Waals surface area contributed by atoms with Gasteiger partial charge in [-0.05, 0) is 35.7 Å². The van der Waals surface area contributed by atoms with E-state index < -0.39 is 0 Å². The summed E-state index contributed by atoms with van der Waals surface area (Å²) in [5.74, 6) is 2.59. The molecule has 1 atom stereocenters. The fourth-order valence-corrected chi connectivity index (χ4v) is 5.23. The Labute approximate surface area is 236 Å². The van der Waals surface area contributed by atoms with Gasteiger partial charge in [-0.25, -0.2) is 9.97 Å². The number of imidazole rings is 1. The number of hydrogen-bond acceptors (Lipinski definition) is 9. The van der Waals surface area contributed by atoms with Gasteiger partial charge in [-0.1, -0.05) is 23.7 Å². The summed E-state index contributed by atoms with van der Waals surface area (Å²) in [6.45, 7) is 3.70. The van der Waals surface area contributed by atoms with E-state index in [1.807, 2.05) is 30.5 Å². The first-order valence-electron chi connectivity index (χ1n) is 13.2. The minimum atomic E-state index is -0.113. The molecule has 12 heteroatoms. The molecular weight excluding hydrogens is 532 g/mol. The van der Waals surface area contributed by atoms with Gasteiger partial charge in [0, 0.05) is 70.0 Å². The zero-order valence-electron chi connectivity index (χ0n) is 21.8. The van der Waals surface area contributed by atoms with E-state index in [0.29, 0.717) is 49.4 Å². The second kappa shape index (κ2) is 11.9. The van der Waals surface area contributed by atoms with E-state index in [4.69, 9.17) is 26.1 Å². The molecule has 2 aliphatic heterocycles. The summed E-state index contributed by atoms with van der Waals surface area (Å²) in [5.41, 5.74) is 2.21.